The maximum Gasteiger partial charge on any atom is 0.291 e. The second-order valence-corrected chi connectivity index (χ2v) is 5.42. The Bertz CT molecular complexity index is 400. The van der Waals surface area contributed by atoms with E-state index in [4.69, 9.17) is 0 Å². The SMILES string of the molecule is CC(C)(C)c1nc(C(=O)N[C@H]2CCNC2)n[nH]1. The van der Waals surface area contributed by atoms with Gasteiger partial charge in [0.25, 0.3) is 5.91 Å². The number of amides is 1. The molecular formula is C11H19N5O. The van der Waals surface area contributed by atoms with E-state index in [1.165, 1.54) is 0 Å². The molecule has 1 aliphatic heterocycles. The second-order valence-electron chi connectivity index (χ2n) is 5.42. The highest BCUT2D eigenvalue weighted by Crippen LogP contribution is 2.17. The number of H-pyrrole nitrogens is 1. The van der Waals surface area contributed by atoms with Crippen molar-refractivity contribution >= 4 is 5.91 Å². The second kappa shape index (κ2) is 4.44. The summed E-state index contributed by atoms with van der Waals surface area (Å²) < 4.78 is 0. The van der Waals surface area contributed by atoms with Crippen LogP contribution in [0.1, 0.15) is 43.6 Å². The summed E-state index contributed by atoms with van der Waals surface area (Å²) in [5.41, 5.74) is -0.125. The Morgan fingerprint density at radius 1 is 1.47 bits per heavy atom. The van der Waals surface area contributed by atoms with Gasteiger partial charge in [-0.2, -0.15) is 0 Å². The summed E-state index contributed by atoms with van der Waals surface area (Å²) in [5.74, 6) is 0.750. The molecule has 0 radical (unpaired) electrons. The van der Waals surface area contributed by atoms with Crippen LogP contribution in [0.3, 0.4) is 0 Å². The van der Waals surface area contributed by atoms with Crippen LogP contribution in [0.15, 0.2) is 0 Å². The van der Waals surface area contributed by atoms with Crippen molar-refractivity contribution < 1.29 is 4.79 Å². The Morgan fingerprint density at radius 3 is 2.76 bits per heavy atom. The number of aromatic nitrogens is 3. The summed E-state index contributed by atoms with van der Waals surface area (Å²) in [5, 5.41) is 12.9. The first-order chi connectivity index (χ1) is 7.97. The lowest BCUT2D eigenvalue weighted by Crippen LogP contribution is -2.36. The standard InChI is InChI=1S/C11H19N5O/c1-11(2,3)10-14-8(15-16-10)9(17)13-7-4-5-12-6-7/h7,12H,4-6H2,1-3H3,(H,13,17)(H,14,15,16)/t7-/m0/s1. The topological polar surface area (TPSA) is 82.7 Å². The van der Waals surface area contributed by atoms with Crippen molar-refractivity contribution in [2.75, 3.05) is 13.1 Å². The Labute approximate surface area is 101 Å². The van der Waals surface area contributed by atoms with Crippen LogP contribution in [-0.2, 0) is 5.41 Å². The van der Waals surface area contributed by atoms with Gasteiger partial charge in [0.2, 0.25) is 5.82 Å². The fourth-order valence-corrected chi connectivity index (χ4v) is 1.73. The van der Waals surface area contributed by atoms with Gasteiger partial charge in [0.05, 0.1) is 0 Å². The smallest absolute Gasteiger partial charge is 0.291 e. The minimum Gasteiger partial charge on any atom is -0.345 e. The molecule has 1 atom stereocenters. The maximum atomic E-state index is 11.9. The molecule has 1 aliphatic rings. The highest BCUT2D eigenvalue weighted by molar-refractivity contribution is 5.90. The number of rotatable bonds is 2. The zero-order chi connectivity index (χ0) is 12.5. The molecule has 1 aromatic heterocycles. The van der Waals surface area contributed by atoms with Crippen molar-refractivity contribution in [2.24, 2.45) is 0 Å². The van der Waals surface area contributed by atoms with Gasteiger partial charge >= 0.3 is 0 Å². The first kappa shape index (κ1) is 12.0. The van der Waals surface area contributed by atoms with Gasteiger partial charge in [0.15, 0.2) is 0 Å². The molecule has 1 saturated heterocycles. The third kappa shape index (κ3) is 2.82. The van der Waals surface area contributed by atoms with E-state index in [9.17, 15) is 4.79 Å². The fraction of sp³-hybridized carbons (Fsp3) is 0.727. The summed E-state index contributed by atoms with van der Waals surface area (Å²) in [6.07, 6.45) is 0.961. The molecule has 0 spiro atoms. The van der Waals surface area contributed by atoms with Crippen molar-refractivity contribution in [3.05, 3.63) is 11.6 Å². The lowest BCUT2D eigenvalue weighted by Gasteiger charge is -2.13. The summed E-state index contributed by atoms with van der Waals surface area (Å²) >= 11 is 0. The Morgan fingerprint density at radius 2 is 2.24 bits per heavy atom. The third-order valence-corrected chi connectivity index (χ3v) is 2.79. The average molecular weight is 237 g/mol. The zero-order valence-electron chi connectivity index (χ0n) is 10.5. The molecule has 1 aromatic rings. The molecule has 6 nitrogen and oxygen atoms in total. The highest BCUT2D eigenvalue weighted by Gasteiger charge is 2.23. The summed E-state index contributed by atoms with van der Waals surface area (Å²) in [7, 11) is 0. The molecule has 0 aromatic carbocycles. The summed E-state index contributed by atoms with van der Waals surface area (Å²) in [6, 6.07) is 0.194. The molecule has 0 aliphatic carbocycles. The van der Waals surface area contributed by atoms with Crippen molar-refractivity contribution in [3.63, 3.8) is 0 Å². The molecule has 2 heterocycles. The molecular weight excluding hydrogens is 218 g/mol. The molecule has 94 valence electrons. The van der Waals surface area contributed by atoms with Gasteiger partial charge in [-0.05, 0) is 13.0 Å². The zero-order valence-corrected chi connectivity index (χ0v) is 10.5. The molecule has 1 amide bonds. The normalized spacial score (nSPS) is 20.5. The lowest BCUT2D eigenvalue weighted by molar-refractivity contribution is 0.0930. The lowest BCUT2D eigenvalue weighted by atomic mass is 9.96. The Balaban J connectivity index is 2.01. The average Bonchev–Trinajstić information content (AvgIpc) is 2.85. The van der Waals surface area contributed by atoms with Crippen LogP contribution < -0.4 is 10.6 Å². The monoisotopic (exact) mass is 237 g/mol. The third-order valence-electron chi connectivity index (χ3n) is 2.79. The number of carbonyl (C=O) groups is 1. The predicted molar refractivity (Wildman–Crippen MR) is 63.8 cm³/mol. The molecule has 2 rings (SSSR count). The van der Waals surface area contributed by atoms with E-state index in [1.807, 2.05) is 20.8 Å². The van der Waals surface area contributed by atoms with Crippen molar-refractivity contribution in [2.45, 2.75) is 38.6 Å². The number of aromatic amines is 1. The van der Waals surface area contributed by atoms with Crippen LogP contribution in [0.4, 0.5) is 0 Å². The van der Waals surface area contributed by atoms with Gasteiger partial charge in [-0.1, -0.05) is 20.8 Å². The number of hydrogen-bond acceptors (Lipinski definition) is 4. The van der Waals surface area contributed by atoms with Gasteiger partial charge in [0, 0.05) is 18.0 Å². The van der Waals surface area contributed by atoms with E-state index in [1.54, 1.807) is 0 Å². The van der Waals surface area contributed by atoms with Gasteiger partial charge in [-0.3, -0.25) is 9.89 Å². The Hall–Kier alpha value is -1.43. The fourth-order valence-electron chi connectivity index (χ4n) is 1.73. The predicted octanol–water partition coefficient (Wildman–Crippen LogP) is 0.194. The molecule has 0 bridgehead atoms. The minimum absolute atomic E-state index is 0.125. The number of nitrogens with zero attached hydrogens (tertiary/aromatic N) is 2. The maximum absolute atomic E-state index is 11.9. The van der Waals surface area contributed by atoms with E-state index in [-0.39, 0.29) is 23.2 Å². The summed E-state index contributed by atoms with van der Waals surface area (Å²) in [6.45, 7) is 7.84. The molecule has 0 saturated carbocycles. The highest BCUT2D eigenvalue weighted by atomic mass is 16.2. The van der Waals surface area contributed by atoms with Crippen LogP contribution in [0, 0.1) is 0 Å². The van der Waals surface area contributed by atoms with E-state index in [2.05, 4.69) is 25.8 Å². The van der Waals surface area contributed by atoms with Crippen LogP contribution in [-0.4, -0.2) is 40.2 Å². The number of carbonyl (C=O) groups excluding carboxylic acids is 1. The van der Waals surface area contributed by atoms with Gasteiger partial charge in [0.1, 0.15) is 5.82 Å². The van der Waals surface area contributed by atoms with Gasteiger partial charge in [-0.15, -0.1) is 5.10 Å². The quantitative estimate of drug-likeness (QED) is 0.686. The van der Waals surface area contributed by atoms with E-state index in [0.717, 1.165) is 25.3 Å². The first-order valence-electron chi connectivity index (χ1n) is 5.91. The first-order valence-corrected chi connectivity index (χ1v) is 5.91. The molecule has 6 heteroatoms. The van der Waals surface area contributed by atoms with Crippen molar-refractivity contribution in [1.82, 2.24) is 25.8 Å². The van der Waals surface area contributed by atoms with Crippen LogP contribution in [0.2, 0.25) is 0 Å². The molecule has 1 fully saturated rings. The van der Waals surface area contributed by atoms with Crippen LogP contribution in [0.25, 0.3) is 0 Å². The number of hydrogen-bond donors (Lipinski definition) is 3. The largest absolute Gasteiger partial charge is 0.345 e. The molecule has 0 unspecified atom stereocenters. The van der Waals surface area contributed by atoms with Gasteiger partial charge < -0.3 is 10.6 Å². The summed E-state index contributed by atoms with van der Waals surface area (Å²) in [4.78, 5) is 16.1. The van der Waals surface area contributed by atoms with E-state index >= 15 is 0 Å². The van der Waals surface area contributed by atoms with E-state index < -0.39 is 0 Å². The van der Waals surface area contributed by atoms with Crippen LogP contribution in [0.5, 0.6) is 0 Å². The van der Waals surface area contributed by atoms with Crippen molar-refractivity contribution in [1.29, 1.82) is 0 Å². The van der Waals surface area contributed by atoms with E-state index in [0.29, 0.717) is 0 Å². The minimum atomic E-state index is -0.203. The molecule has 17 heavy (non-hydrogen) atoms. The Kier molecular flexibility index (Phi) is 3.15. The van der Waals surface area contributed by atoms with Crippen molar-refractivity contribution in [3.8, 4) is 0 Å². The number of nitrogens with one attached hydrogen (secondary N) is 3. The van der Waals surface area contributed by atoms with Gasteiger partial charge in [-0.25, -0.2) is 4.98 Å². The molecule has 3 N–H and O–H groups in total. The van der Waals surface area contributed by atoms with Crippen LogP contribution >= 0.6 is 0 Å².